The van der Waals surface area contributed by atoms with Crippen molar-refractivity contribution in [1.82, 2.24) is 0 Å². The fourth-order valence-corrected chi connectivity index (χ4v) is 5.32. The van der Waals surface area contributed by atoms with E-state index in [0.29, 0.717) is 0 Å². The largest absolute Gasteiger partial charge is 0.463 e. The van der Waals surface area contributed by atoms with Gasteiger partial charge in [0.25, 0.3) is 0 Å². The minimum Gasteiger partial charge on any atom is -0.463 e. The molecule has 0 amide bonds. The second kappa shape index (κ2) is 18.6. The fourth-order valence-electron chi connectivity index (χ4n) is 5.32. The normalized spacial score (nSPS) is 29.5. The zero-order valence-corrected chi connectivity index (χ0v) is 28.2. The molecule has 0 N–H and O–H groups in total. The summed E-state index contributed by atoms with van der Waals surface area (Å²) in [5, 5.41) is 0. The van der Waals surface area contributed by atoms with E-state index in [4.69, 9.17) is 52.1 Å². The van der Waals surface area contributed by atoms with Crippen LogP contribution < -0.4 is 0 Å². The van der Waals surface area contributed by atoms with Crippen LogP contribution in [-0.4, -0.2) is 118 Å². The average molecular weight is 699 g/mol. The van der Waals surface area contributed by atoms with Crippen LogP contribution in [0.15, 0.2) is 30.3 Å². The van der Waals surface area contributed by atoms with Crippen molar-refractivity contribution in [2.24, 2.45) is 0 Å². The fraction of sp³-hybridized carbons (Fsp3) is 0.625. The van der Waals surface area contributed by atoms with Crippen LogP contribution >= 0.6 is 0 Å². The molecule has 2 aliphatic heterocycles. The molecule has 1 aromatic rings. The minimum atomic E-state index is -1.57. The van der Waals surface area contributed by atoms with Crippen LogP contribution in [0.2, 0.25) is 0 Å². The van der Waals surface area contributed by atoms with Gasteiger partial charge in [-0.15, -0.1) is 0 Å². The Labute approximate surface area is 282 Å². The lowest BCUT2D eigenvalue weighted by atomic mass is 9.97. The lowest BCUT2D eigenvalue weighted by molar-refractivity contribution is -0.335. The summed E-state index contributed by atoms with van der Waals surface area (Å²) >= 11 is 0. The van der Waals surface area contributed by atoms with Crippen LogP contribution in [0.5, 0.6) is 0 Å². The van der Waals surface area contributed by atoms with Gasteiger partial charge in [-0.3, -0.25) is 28.8 Å². The highest BCUT2D eigenvalue weighted by atomic mass is 16.8. The predicted octanol–water partition coefficient (Wildman–Crippen LogP) is 0.906. The zero-order chi connectivity index (χ0) is 36.2. The molecular weight excluding hydrogens is 656 g/mol. The molecule has 0 radical (unpaired) electrons. The SMILES string of the molecule is CO[C@H]1O[C@H](CO[C@@H]2O[C@H](COC(C)=O)[C@@H](OC(C)=O)[C@H](OC(C)=O)[C@H]2OC(C)=O)[C@@H](OC(C)=O)[C@H](OC(C)=O)[C@H]1OCc1ccccc1. The van der Waals surface area contributed by atoms with Crippen molar-refractivity contribution in [3.63, 3.8) is 0 Å². The third-order valence-corrected chi connectivity index (χ3v) is 7.09. The van der Waals surface area contributed by atoms with Gasteiger partial charge in [-0.1, -0.05) is 30.3 Å². The van der Waals surface area contributed by atoms with Gasteiger partial charge in [-0.05, 0) is 5.56 Å². The lowest BCUT2D eigenvalue weighted by Crippen LogP contribution is -2.64. The molecule has 10 atom stereocenters. The van der Waals surface area contributed by atoms with Gasteiger partial charge in [0.15, 0.2) is 43.1 Å². The Morgan fingerprint density at radius 1 is 0.531 bits per heavy atom. The van der Waals surface area contributed by atoms with Crippen LogP contribution in [0.3, 0.4) is 0 Å². The average Bonchev–Trinajstić information content (AvgIpc) is 3.01. The molecule has 17 heteroatoms. The molecule has 1 aromatic carbocycles. The molecule has 0 bridgehead atoms. The first-order valence-electron chi connectivity index (χ1n) is 15.3. The summed E-state index contributed by atoms with van der Waals surface area (Å²) in [6.07, 6.45) is -13.3. The molecule has 0 spiro atoms. The highest BCUT2D eigenvalue weighted by molar-refractivity contribution is 5.69. The lowest BCUT2D eigenvalue weighted by Gasteiger charge is -2.46. The Bertz CT molecular complexity index is 1300. The van der Waals surface area contributed by atoms with Crippen LogP contribution in [0.1, 0.15) is 47.1 Å². The van der Waals surface area contributed by atoms with Gasteiger partial charge >= 0.3 is 35.8 Å². The first-order valence-corrected chi connectivity index (χ1v) is 15.3. The Hall–Kier alpha value is -4.16. The molecule has 49 heavy (non-hydrogen) atoms. The molecule has 2 saturated heterocycles. The van der Waals surface area contributed by atoms with Gasteiger partial charge in [0.05, 0.1) is 13.2 Å². The number of carbonyl (C=O) groups excluding carboxylic acids is 6. The number of hydrogen-bond acceptors (Lipinski definition) is 17. The summed E-state index contributed by atoms with van der Waals surface area (Å²) in [6.45, 7) is 5.80. The summed E-state index contributed by atoms with van der Waals surface area (Å²) in [4.78, 5) is 72.6. The van der Waals surface area contributed by atoms with Gasteiger partial charge in [0.2, 0.25) is 0 Å². The van der Waals surface area contributed by atoms with E-state index in [1.165, 1.54) is 14.0 Å². The maximum Gasteiger partial charge on any atom is 0.303 e. The molecule has 0 unspecified atom stereocenters. The number of benzene rings is 1. The molecule has 0 aromatic heterocycles. The number of ether oxygens (including phenoxy) is 11. The molecule has 3 rings (SSSR count). The smallest absolute Gasteiger partial charge is 0.303 e. The van der Waals surface area contributed by atoms with Gasteiger partial charge in [-0.25, -0.2) is 0 Å². The van der Waals surface area contributed by atoms with Crippen LogP contribution in [0, 0.1) is 0 Å². The van der Waals surface area contributed by atoms with Crippen molar-refractivity contribution in [2.75, 3.05) is 20.3 Å². The van der Waals surface area contributed by atoms with Crippen molar-refractivity contribution in [3.8, 4) is 0 Å². The second-order valence-corrected chi connectivity index (χ2v) is 11.1. The van der Waals surface area contributed by atoms with Crippen LogP contribution in [0.4, 0.5) is 0 Å². The molecule has 272 valence electrons. The number of carbonyl (C=O) groups is 6. The van der Waals surface area contributed by atoms with E-state index in [-0.39, 0.29) is 6.61 Å². The summed E-state index contributed by atoms with van der Waals surface area (Å²) in [6, 6.07) is 9.10. The van der Waals surface area contributed by atoms with E-state index >= 15 is 0 Å². The van der Waals surface area contributed by atoms with E-state index in [1.54, 1.807) is 0 Å². The van der Waals surface area contributed by atoms with E-state index in [2.05, 4.69) is 0 Å². The second-order valence-electron chi connectivity index (χ2n) is 11.1. The van der Waals surface area contributed by atoms with Crippen molar-refractivity contribution in [1.29, 1.82) is 0 Å². The molecule has 17 nitrogen and oxygen atoms in total. The molecule has 0 saturated carbocycles. The molecule has 2 fully saturated rings. The van der Waals surface area contributed by atoms with Gasteiger partial charge in [0, 0.05) is 48.7 Å². The number of rotatable bonds is 14. The Balaban J connectivity index is 1.96. The first kappa shape index (κ1) is 39.3. The monoisotopic (exact) mass is 698 g/mol. The summed E-state index contributed by atoms with van der Waals surface area (Å²) < 4.78 is 62.3. The maximum absolute atomic E-state index is 12.3. The topological polar surface area (TPSA) is 204 Å². The Morgan fingerprint density at radius 2 is 0.980 bits per heavy atom. The predicted molar refractivity (Wildman–Crippen MR) is 160 cm³/mol. The number of esters is 6. The highest BCUT2D eigenvalue weighted by Gasteiger charge is 2.55. The zero-order valence-electron chi connectivity index (χ0n) is 28.2. The molecule has 0 aliphatic carbocycles. The number of hydrogen-bond donors (Lipinski definition) is 0. The van der Waals surface area contributed by atoms with Gasteiger partial charge < -0.3 is 52.1 Å². The third kappa shape index (κ3) is 11.7. The first-order chi connectivity index (χ1) is 23.2. The molecule has 2 aliphatic rings. The van der Waals surface area contributed by atoms with Gasteiger partial charge in [0.1, 0.15) is 24.9 Å². The van der Waals surface area contributed by atoms with E-state index in [9.17, 15) is 28.8 Å². The minimum absolute atomic E-state index is 0.0607. The summed E-state index contributed by atoms with van der Waals surface area (Å²) in [5.74, 6) is -4.62. The van der Waals surface area contributed by atoms with Crippen molar-refractivity contribution < 1.29 is 80.9 Å². The van der Waals surface area contributed by atoms with Crippen LogP contribution in [0.25, 0.3) is 0 Å². The Morgan fingerprint density at radius 3 is 1.47 bits per heavy atom. The van der Waals surface area contributed by atoms with E-state index in [1.807, 2.05) is 30.3 Å². The third-order valence-electron chi connectivity index (χ3n) is 7.09. The molecular formula is C32H42O17. The van der Waals surface area contributed by atoms with Crippen molar-refractivity contribution in [3.05, 3.63) is 35.9 Å². The summed E-state index contributed by atoms with van der Waals surface area (Å²) in [7, 11) is 1.33. The highest BCUT2D eigenvalue weighted by Crippen LogP contribution is 2.33. The van der Waals surface area contributed by atoms with Crippen LogP contribution in [-0.2, 0) is 87.5 Å². The quantitative estimate of drug-likeness (QED) is 0.196. The van der Waals surface area contributed by atoms with Gasteiger partial charge in [-0.2, -0.15) is 0 Å². The van der Waals surface area contributed by atoms with E-state index < -0.39 is 110 Å². The Kier molecular flexibility index (Phi) is 14.9. The standard InChI is InChI=1S/C32H42O17/c1-16(33)40-14-23-26(44-18(3)35)28(46-20(5)37)30(47-21(6)38)32(49-23)42-15-24-25(43-17(2)34)27(45-19(4)36)29(31(39-7)48-24)41-13-22-11-9-8-10-12-22/h8-12,23-32H,13-15H2,1-7H3/t23-,24-,25-,26-,27+,28+,29-,30-,31+,32-/m1/s1. The molecule has 2 heterocycles. The summed E-state index contributed by atoms with van der Waals surface area (Å²) in [5.41, 5.74) is 0.789. The van der Waals surface area contributed by atoms with E-state index in [0.717, 1.165) is 40.2 Å². The number of methoxy groups -OCH3 is 1. The van der Waals surface area contributed by atoms with Crippen molar-refractivity contribution in [2.45, 2.75) is 110 Å². The maximum atomic E-state index is 12.3. The van der Waals surface area contributed by atoms with Crippen molar-refractivity contribution >= 4 is 35.8 Å².